The monoisotopic (exact) mass is 211 g/mol. The molecule has 3 aromatic rings. The number of aromatic nitrogens is 1. The molecule has 1 aromatic heterocycles. The van der Waals surface area contributed by atoms with E-state index in [0.29, 0.717) is 5.56 Å². The van der Waals surface area contributed by atoms with Crippen molar-refractivity contribution in [1.82, 2.24) is 4.98 Å². The third kappa shape index (κ3) is 1.39. The molecule has 0 amide bonds. The van der Waals surface area contributed by atoms with Crippen LogP contribution in [0.2, 0.25) is 0 Å². The van der Waals surface area contributed by atoms with E-state index >= 15 is 0 Å². The van der Waals surface area contributed by atoms with E-state index in [1.54, 1.807) is 12.1 Å². The van der Waals surface area contributed by atoms with E-state index in [9.17, 15) is 4.39 Å². The number of hydrogen-bond acceptors (Lipinski definition) is 0. The quantitative estimate of drug-likeness (QED) is 0.626. The molecule has 16 heavy (non-hydrogen) atoms. The molecule has 78 valence electrons. The van der Waals surface area contributed by atoms with Crippen LogP contribution in [-0.4, -0.2) is 4.98 Å². The van der Waals surface area contributed by atoms with Crippen molar-refractivity contribution in [3.63, 3.8) is 0 Å². The topological polar surface area (TPSA) is 15.8 Å². The highest BCUT2D eigenvalue weighted by Crippen LogP contribution is 2.25. The molecule has 0 fully saturated rings. The highest BCUT2D eigenvalue weighted by Gasteiger charge is 2.04. The van der Waals surface area contributed by atoms with Crippen molar-refractivity contribution in [2.24, 2.45) is 0 Å². The van der Waals surface area contributed by atoms with E-state index < -0.39 is 0 Å². The molecule has 0 aliphatic heterocycles. The van der Waals surface area contributed by atoms with Gasteiger partial charge in [-0.3, -0.25) is 0 Å². The van der Waals surface area contributed by atoms with Crippen LogP contribution in [0.3, 0.4) is 0 Å². The average molecular weight is 211 g/mol. The first-order valence-electron chi connectivity index (χ1n) is 5.17. The van der Waals surface area contributed by atoms with Crippen molar-refractivity contribution < 1.29 is 4.39 Å². The summed E-state index contributed by atoms with van der Waals surface area (Å²) in [4.78, 5) is 3.13. The van der Waals surface area contributed by atoms with Crippen LogP contribution in [0.4, 0.5) is 4.39 Å². The van der Waals surface area contributed by atoms with Gasteiger partial charge in [-0.2, -0.15) is 0 Å². The molecule has 2 heteroatoms. The minimum Gasteiger partial charge on any atom is -0.361 e. The van der Waals surface area contributed by atoms with E-state index in [4.69, 9.17) is 0 Å². The molecule has 0 saturated carbocycles. The predicted octanol–water partition coefficient (Wildman–Crippen LogP) is 3.97. The highest BCUT2D eigenvalue weighted by molar-refractivity contribution is 5.84. The Labute approximate surface area is 92.5 Å². The van der Waals surface area contributed by atoms with Crippen LogP contribution in [0, 0.1) is 5.82 Å². The number of nitrogens with one attached hydrogen (secondary N) is 1. The summed E-state index contributed by atoms with van der Waals surface area (Å²) in [6.07, 6.45) is 1.88. The Balaban J connectivity index is 2.22. The number of aromatic amines is 1. The second kappa shape index (κ2) is 3.49. The lowest BCUT2D eigenvalue weighted by molar-refractivity contribution is 0.631. The molecule has 3 rings (SSSR count). The minimum atomic E-state index is -0.187. The summed E-state index contributed by atoms with van der Waals surface area (Å²) in [5.74, 6) is -0.187. The van der Waals surface area contributed by atoms with Crippen molar-refractivity contribution in [2.75, 3.05) is 0 Å². The Morgan fingerprint density at radius 1 is 0.938 bits per heavy atom. The van der Waals surface area contributed by atoms with Crippen LogP contribution in [0.5, 0.6) is 0 Å². The Morgan fingerprint density at radius 3 is 2.69 bits per heavy atom. The van der Waals surface area contributed by atoms with Gasteiger partial charge in [0.15, 0.2) is 0 Å². The van der Waals surface area contributed by atoms with E-state index in [1.165, 1.54) is 6.07 Å². The number of halogens is 1. The summed E-state index contributed by atoms with van der Waals surface area (Å²) in [6.45, 7) is 0. The molecule has 0 bridgehead atoms. The summed E-state index contributed by atoms with van der Waals surface area (Å²) in [5, 5.41) is 1.14. The van der Waals surface area contributed by atoms with Crippen molar-refractivity contribution in [3.05, 3.63) is 60.5 Å². The van der Waals surface area contributed by atoms with Crippen molar-refractivity contribution in [3.8, 4) is 11.1 Å². The molecule has 0 aliphatic rings. The van der Waals surface area contributed by atoms with Crippen molar-refractivity contribution in [2.45, 2.75) is 0 Å². The average Bonchev–Trinajstić information content (AvgIpc) is 2.76. The van der Waals surface area contributed by atoms with Crippen LogP contribution in [0.25, 0.3) is 22.0 Å². The standard InChI is InChI=1S/C14H10FN/c15-13-4-2-1-3-12(13)11-6-5-10-7-8-16-14(10)9-11/h1-9,16H. The maximum Gasteiger partial charge on any atom is 0.131 e. The molecule has 0 unspecified atom stereocenters. The third-order valence-electron chi connectivity index (χ3n) is 2.74. The Bertz CT molecular complexity index is 640. The lowest BCUT2D eigenvalue weighted by atomic mass is 10.0. The van der Waals surface area contributed by atoms with Gasteiger partial charge in [-0.25, -0.2) is 4.39 Å². The van der Waals surface area contributed by atoms with E-state index in [-0.39, 0.29) is 5.82 Å². The fourth-order valence-electron chi connectivity index (χ4n) is 1.91. The Hall–Kier alpha value is -2.09. The molecule has 1 nitrogen and oxygen atoms in total. The van der Waals surface area contributed by atoms with Crippen LogP contribution in [0.1, 0.15) is 0 Å². The largest absolute Gasteiger partial charge is 0.361 e. The van der Waals surface area contributed by atoms with Crippen molar-refractivity contribution >= 4 is 10.9 Å². The van der Waals surface area contributed by atoms with Gasteiger partial charge in [0.1, 0.15) is 5.82 Å². The molecule has 0 radical (unpaired) electrons. The minimum absolute atomic E-state index is 0.187. The van der Waals surface area contributed by atoms with Gasteiger partial charge >= 0.3 is 0 Å². The maximum absolute atomic E-state index is 13.6. The van der Waals surface area contributed by atoms with Gasteiger partial charge in [-0.15, -0.1) is 0 Å². The van der Waals surface area contributed by atoms with E-state index in [1.807, 2.05) is 36.5 Å². The molecule has 1 N–H and O–H groups in total. The zero-order valence-corrected chi connectivity index (χ0v) is 8.57. The zero-order valence-electron chi connectivity index (χ0n) is 8.57. The first kappa shape index (κ1) is 9.16. The molecule has 0 atom stereocenters. The molecular weight excluding hydrogens is 201 g/mol. The molecular formula is C14H10FN. The van der Waals surface area contributed by atoms with Crippen LogP contribution < -0.4 is 0 Å². The fourth-order valence-corrected chi connectivity index (χ4v) is 1.91. The van der Waals surface area contributed by atoms with Gasteiger partial charge in [0.2, 0.25) is 0 Å². The SMILES string of the molecule is Fc1ccccc1-c1ccc2cc[nH]c2c1. The summed E-state index contributed by atoms with van der Waals surface area (Å²) in [7, 11) is 0. The van der Waals surface area contributed by atoms with E-state index in [0.717, 1.165) is 16.5 Å². The number of H-pyrrole nitrogens is 1. The first-order chi connectivity index (χ1) is 7.84. The van der Waals surface area contributed by atoms with Gasteiger partial charge in [0.25, 0.3) is 0 Å². The normalized spacial score (nSPS) is 10.8. The summed E-state index contributed by atoms with van der Waals surface area (Å²) in [5.41, 5.74) is 2.56. The predicted molar refractivity (Wildman–Crippen MR) is 63.7 cm³/mol. The molecule has 1 heterocycles. The highest BCUT2D eigenvalue weighted by atomic mass is 19.1. The van der Waals surface area contributed by atoms with Gasteiger partial charge < -0.3 is 4.98 Å². The summed E-state index contributed by atoms with van der Waals surface area (Å²) >= 11 is 0. The number of hydrogen-bond donors (Lipinski definition) is 1. The zero-order chi connectivity index (χ0) is 11.0. The van der Waals surface area contributed by atoms with Crippen molar-refractivity contribution in [1.29, 1.82) is 0 Å². The van der Waals surface area contributed by atoms with Gasteiger partial charge in [0, 0.05) is 17.3 Å². The Kier molecular flexibility index (Phi) is 2.00. The van der Waals surface area contributed by atoms with Crippen LogP contribution in [0.15, 0.2) is 54.7 Å². The summed E-state index contributed by atoms with van der Waals surface area (Å²) in [6, 6.07) is 14.7. The number of benzene rings is 2. The van der Waals surface area contributed by atoms with Gasteiger partial charge in [-0.1, -0.05) is 30.3 Å². The second-order valence-corrected chi connectivity index (χ2v) is 3.76. The molecule has 2 aromatic carbocycles. The fraction of sp³-hybridized carbons (Fsp3) is 0. The number of rotatable bonds is 1. The maximum atomic E-state index is 13.6. The smallest absolute Gasteiger partial charge is 0.131 e. The molecule has 0 spiro atoms. The lowest BCUT2D eigenvalue weighted by Crippen LogP contribution is -1.83. The third-order valence-corrected chi connectivity index (χ3v) is 2.74. The van der Waals surface area contributed by atoms with Crippen LogP contribution >= 0.6 is 0 Å². The Morgan fingerprint density at radius 2 is 1.81 bits per heavy atom. The van der Waals surface area contributed by atoms with Gasteiger partial charge in [0.05, 0.1) is 0 Å². The lowest BCUT2D eigenvalue weighted by Gasteiger charge is -2.03. The van der Waals surface area contributed by atoms with Gasteiger partial charge in [-0.05, 0) is 29.1 Å². The number of fused-ring (bicyclic) bond motifs is 1. The molecule has 0 aliphatic carbocycles. The first-order valence-corrected chi connectivity index (χ1v) is 5.17. The second-order valence-electron chi connectivity index (χ2n) is 3.76. The van der Waals surface area contributed by atoms with E-state index in [2.05, 4.69) is 4.98 Å². The summed E-state index contributed by atoms with van der Waals surface area (Å²) < 4.78 is 13.6. The van der Waals surface area contributed by atoms with Crippen LogP contribution in [-0.2, 0) is 0 Å². The molecule has 0 saturated heterocycles.